The first-order valence-electron chi connectivity index (χ1n) is 8.03. The predicted molar refractivity (Wildman–Crippen MR) is 97.4 cm³/mol. The quantitative estimate of drug-likeness (QED) is 0.807. The molecule has 5 heteroatoms. The minimum Gasteiger partial charge on any atom is -0.495 e. The Labute approximate surface area is 148 Å². The summed E-state index contributed by atoms with van der Waals surface area (Å²) < 4.78 is 5.25. The van der Waals surface area contributed by atoms with Crippen molar-refractivity contribution in [3.05, 3.63) is 59.1 Å². The van der Waals surface area contributed by atoms with Gasteiger partial charge in [0.05, 0.1) is 12.8 Å². The van der Waals surface area contributed by atoms with Gasteiger partial charge in [-0.1, -0.05) is 55.8 Å². The van der Waals surface area contributed by atoms with E-state index in [9.17, 15) is 4.79 Å². The predicted octanol–water partition coefficient (Wildman–Crippen LogP) is 3.25. The maximum absolute atomic E-state index is 12.3. The molecule has 0 radical (unpaired) electrons. The number of amides is 1. The summed E-state index contributed by atoms with van der Waals surface area (Å²) in [4.78, 5) is 12.3. The summed E-state index contributed by atoms with van der Waals surface area (Å²) in [6, 6.07) is 15.6. The van der Waals surface area contributed by atoms with Crippen molar-refractivity contribution in [2.75, 3.05) is 19.0 Å². The second-order valence-electron chi connectivity index (χ2n) is 6.01. The van der Waals surface area contributed by atoms with Crippen LogP contribution in [0.15, 0.2) is 48.5 Å². The Kier molecular flexibility index (Phi) is 6.64. The maximum atomic E-state index is 12.3. The van der Waals surface area contributed by atoms with E-state index in [4.69, 9.17) is 16.3 Å². The number of carbonyl (C=O) groups is 1. The van der Waals surface area contributed by atoms with Gasteiger partial charge in [0.2, 0.25) is 0 Å². The Morgan fingerprint density at radius 2 is 1.92 bits per heavy atom. The lowest BCUT2D eigenvalue weighted by molar-refractivity contribution is -0.692. The summed E-state index contributed by atoms with van der Waals surface area (Å²) in [5.74, 6) is 0.925. The van der Waals surface area contributed by atoms with Gasteiger partial charge in [-0.3, -0.25) is 4.79 Å². The molecule has 2 aromatic rings. The number of nitrogens with one attached hydrogen (secondary N) is 1. The number of carbonyl (C=O) groups excluding carboxylic acids is 1. The van der Waals surface area contributed by atoms with E-state index in [0.717, 1.165) is 0 Å². The monoisotopic (exact) mass is 347 g/mol. The number of halogens is 1. The van der Waals surface area contributed by atoms with Gasteiger partial charge >= 0.3 is 0 Å². The zero-order chi connectivity index (χ0) is 17.5. The lowest BCUT2D eigenvalue weighted by Crippen LogP contribution is -2.88. The third-order valence-corrected chi connectivity index (χ3v) is 4.13. The summed E-state index contributed by atoms with van der Waals surface area (Å²) in [5.41, 5.74) is 1.81. The van der Waals surface area contributed by atoms with E-state index in [0.29, 0.717) is 28.9 Å². The first-order valence-corrected chi connectivity index (χ1v) is 8.40. The number of quaternary nitrogens is 1. The van der Waals surface area contributed by atoms with E-state index < -0.39 is 0 Å². The van der Waals surface area contributed by atoms with Gasteiger partial charge in [0.25, 0.3) is 5.91 Å². The number of ether oxygens (including phenoxy) is 1. The van der Waals surface area contributed by atoms with Crippen LogP contribution >= 0.6 is 11.6 Å². The molecule has 0 heterocycles. The van der Waals surface area contributed by atoms with Crippen LogP contribution in [0.3, 0.4) is 0 Å². The van der Waals surface area contributed by atoms with Crippen LogP contribution in [0.5, 0.6) is 5.75 Å². The standard InChI is InChI=1S/C19H23ClN2O2/c1-13(2)19(14-7-5-4-6-8-14)21-12-18(23)22-16-11-15(20)9-10-17(16)24-3/h4-11,13,19,21H,12H2,1-3H3,(H,22,23)/p+1/t19-/m0/s1. The van der Waals surface area contributed by atoms with Crippen LogP contribution in [-0.4, -0.2) is 19.6 Å². The number of hydrogen-bond acceptors (Lipinski definition) is 2. The lowest BCUT2D eigenvalue weighted by Gasteiger charge is -2.19. The molecule has 0 aliphatic heterocycles. The number of methoxy groups -OCH3 is 1. The molecule has 0 aliphatic carbocycles. The van der Waals surface area contributed by atoms with Crippen LogP contribution < -0.4 is 15.4 Å². The fraction of sp³-hybridized carbons (Fsp3) is 0.316. The summed E-state index contributed by atoms with van der Waals surface area (Å²) in [7, 11) is 1.56. The summed E-state index contributed by atoms with van der Waals surface area (Å²) >= 11 is 5.99. The van der Waals surface area contributed by atoms with Crippen LogP contribution in [0.2, 0.25) is 5.02 Å². The van der Waals surface area contributed by atoms with Gasteiger partial charge in [-0.05, 0) is 18.2 Å². The van der Waals surface area contributed by atoms with Gasteiger partial charge in [-0.2, -0.15) is 0 Å². The number of anilines is 1. The second kappa shape index (κ2) is 8.71. The summed E-state index contributed by atoms with van der Waals surface area (Å²) in [6.07, 6.45) is 0. The van der Waals surface area contributed by atoms with Gasteiger partial charge in [-0.25, -0.2) is 0 Å². The van der Waals surface area contributed by atoms with Crippen LogP contribution in [0.25, 0.3) is 0 Å². The van der Waals surface area contributed by atoms with E-state index in [-0.39, 0.29) is 11.9 Å². The molecule has 2 rings (SSSR count). The molecule has 0 unspecified atom stereocenters. The van der Waals surface area contributed by atoms with Crippen LogP contribution in [0.4, 0.5) is 5.69 Å². The molecule has 24 heavy (non-hydrogen) atoms. The van der Waals surface area contributed by atoms with E-state index in [2.05, 4.69) is 36.6 Å². The number of nitrogens with two attached hydrogens (primary N) is 1. The zero-order valence-electron chi connectivity index (χ0n) is 14.3. The van der Waals surface area contributed by atoms with E-state index in [1.807, 2.05) is 18.2 Å². The number of benzene rings is 2. The largest absolute Gasteiger partial charge is 0.495 e. The fourth-order valence-corrected chi connectivity index (χ4v) is 2.85. The van der Waals surface area contributed by atoms with Crippen molar-refractivity contribution in [3.63, 3.8) is 0 Å². The highest BCUT2D eigenvalue weighted by molar-refractivity contribution is 6.31. The van der Waals surface area contributed by atoms with Crippen LogP contribution in [-0.2, 0) is 4.79 Å². The SMILES string of the molecule is COc1ccc(Cl)cc1NC(=O)C[NH2+][C@H](c1ccccc1)C(C)C. The van der Waals surface area contributed by atoms with Crippen molar-refractivity contribution in [1.82, 2.24) is 0 Å². The molecule has 128 valence electrons. The van der Waals surface area contributed by atoms with E-state index in [1.165, 1.54) is 5.56 Å². The normalized spacial score (nSPS) is 12.0. The second-order valence-corrected chi connectivity index (χ2v) is 6.45. The Hall–Kier alpha value is -2.04. The van der Waals surface area contributed by atoms with Gasteiger partial charge in [0, 0.05) is 16.5 Å². The summed E-state index contributed by atoms with van der Waals surface area (Å²) in [6.45, 7) is 4.64. The molecule has 0 aromatic heterocycles. The smallest absolute Gasteiger partial charge is 0.279 e. The highest BCUT2D eigenvalue weighted by Crippen LogP contribution is 2.27. The van der Waals surface area contributed by atoms with Gasteiger partial charge < -0.3 is 15.4 Å². The fourth-order valence-electron chi connectivity index (χ4n) is 2.68. The average molecular weight is 348 g/mol. The van der Waals surface area contributed by atoms with Crippen molar-refractivity contribution in [2.45, 2.75) is 19.9 Å². The minimum atomic E-state index is -0.0860. The first kappa shape index (κ1) is 18.3. The molecule has 0 aliphatic rings. The first-order chi connectivity index (χ1) is 11.5. The molecule has 4 nitrogen and oxygen atoms in total. The molecule has 2 aromatic carbocycles. The van der Waals surface area contributed by atoms with Crippen molar-refractivity contribution >= 4 is 23.2 Å². The topological polar surface area (TPSA) is 54.9 Å². The van der Waals surface area contributed by atoms with Crippen molar-refractivity contribution < 1.29 is 14.8 Å². The van der Waals surface area contributed by atoms with Gasteiger partial charge in [0.15, 0.2) is 6.54 Å². The average Bonchev–Trinajstić information content (AvgIpc) is 2.56. The molecule has 1 amide bonds. The third-order valence-electron chi connectivity index (χ3n) is 3.90. The lowest BCUT2D eigenvalue weighted by atomic mass is 9.96. The molecular weight excluding hydrogens is 324 g/mol. The Morgan fingerprint density at radius 1 is 1.21 bits per heavy atom. The van der Waals surface area contributed by atoms with Crippen molar-refractivity contribution in [3.8, 4) is 5.75 Å². The molecule has 0 saturated heterocycles. The third kappa shape index (κ3) is 4.98. The molecule has 0 saturated carbocycles. The molecular formula is C19H24ClN2O2+. The van der Waals surface area contributed by atoms with Crippen molar-refractivity contribution in [1.29, 1.82) is 0 Å². The molecule has 0 spiro atoms. The molecule has 0 bridgehead atoms. The van der Waals surface area contributed by atoms with Gasteiger partial charge in [0.1, 0.15) is 11.8 Å². The number of rotatable bonds is 7. The van der Waals surface area contributed by atoms with E-state index in [1.54, 1.807) is 25.3 Å². The molecule has 0 fully saturated rings. The van der Waals surface area contributed by atoms with Crippen LogP contribution in [0.1, 0.15) is 25.5 Å². The molecule has 3 N–H and O–H groups in total. The maximum Gasteiger partial charge on any atom is 0.279 e. The van der Waals surface area contributed by atoms with E-state index >= 15 is 0 Å². The highest BCUT2D eigenvalue weighted by atomic mass is 35.5. The Balaban J connectivity index is 2.00. The van der Waals surface area contributed by atoms with Crippen LogP contribution in [0, 0.1) is 5.92 Å². The Morgan fingerprint density at radius 3 is 2.54 bits per heavy atom. The highest BCUT2D eigenvalue weighted by Gasteiger charge is 2.20. The summed E-state index contributed by atoms with van der Waals surface area (Å²) in [5, 5.41) is 5.49. The Bertz CT molecular complexity index is 674. The zero-order valence-corrected chi connectivity index (χ0v) is 15.0. The van der Waals surface area contributed by atoms with Crippen molar-refractivity contribution in [2.24, 2.45) is 5.92 Å². The van der Waals surface area contributed by atoms with Gasteiger partial charge in [-0.15, -0.1) is 0 Å². The molecule has 1 atom stereocenters. The minimum absolute atomic E-state index is 0.0860. The number of hydrogen-bond donors (Lipinski definition) is 2.